The second-order valence-corrected chi connectivity index (χ2v) is 8.05. The summed E-state index contributed by atoms with van der Waals surface area (Å²) in [5.41, 5.74) is 2.71. The monoisotopic (exact) mass is 458 g/mol. The molecule has 0 fully saturated rings. The first kappa shape index (κ1) is 23.3. The second-order valence-electron chi connectivity index (χ2n) is 7.03. The van der Waals surface area contributed by atoms with E-state index >= 15 is 0 Å². The molecule has 1 aromatic carbocycles. The summed E-state index contributed by atoms with van der Waals surface area (Å²) in [7, 11) is 2.51. The lowest BCUT2D eigenvalue weighted by Gasteiger charge is -2.10. The quantitative estimate of drug-likeness (QED) is 0.521. The van der Waals surface area contributed by atoms with E-state index in [1.807, 2.05) is 43.5 Å². The molecule has 3 rings (SSSR count). The fourth-order valence-electron chi connectivity index (χ4n) is 3.78. The maximum absolute atomic E-state index is 13.4. The Labute approximate surface area is 190 Å². The Morgan fingerprint density at radius 3 is 2.31 bits per heavy atom. The van der Waals surface area contributed by atoms with Crippen molar-refractivity contribution < 1.29 is 28.6 Å². The van der Waals surface area contributed by atoms with Gasteiger partial charge < -0.3 is 24.1 Å². The number of anilines is 1. The largest absolute Gasteiger partial charge is 0.494 e. The van der Waals surface area contributed by atoms with Gasteiger partial charge in [0.1, 0.15) is 21.3 Å². The first-order valence-electron chi connectivity index (χ1n) is 10.2. The van der Waals surface area contributed by atoms with Crippen molar-refractivity contribution in [2.45, 2.75) is 34.2 Å². The molecular formula is C23H26N2O6S. The molecule has 0 aliphatic rings. The van der Waals surface area contributed by atoms with Crippen LogP contribution < -0.4 is 10.1 Å². The Hall–Kier alpha value is -3.33. The molecule has 0 radical (unpaired) electrons. The van der Waals surface area contributed by atoms with Crippen molar-refractivity contribution in [2.75, 3.05) is 26.1 Å². The number of esters is 2. The molecule has 2 aromatic heterocycles. The molecule has 0 spiro atoms. The predicted octanol–water partition coefficient (Wildman–Crippen LogP) is 4.56. The highest BCUT2D eigenvalue weighted by atomic mass is 32.1. The molecule has 0 aliphatic carbocycles. The first-order valence-corrected chi connectivity index (χ1v) is 11.0. The number of nitrogens with one attached hydrogen (secondary N) is 1. The van der Waals surface area contributed by atoms with Crippen molar-refractivity contribution in [3.63, 3.8) is 0 Å². The molecule has 0 unspecified atom stereocenters. The summed E-state index contributed by atoms with van der Waals surface area (Å²) in [6.07, 6.45) is 0. The summed E-state index contributed by atoms with van der Waals surface area (Å²) in [4.78, 5) is 38.1. The zero-order valence-corrected chi connectivity index (χ0v) is 19.8. The minimum Gasteiger partial charge on any atom is -0.494 e. The molecule has 170 valence electrons. The van der Waals surface area contributed by atoms with Gasteiger partial charge in [0.15, 0.2) is 0 Å². The third-order valence-electron chi connectivity index (χ3n) is 5.26. The normalized spacial score (nSPS) is 10.8. The molecule has 9 heteroatoms. The number of hydrogen-bond acceptors (Lipinski definition) is 7. The van der Waals surface area contributed by atoms with Crippen LogP contribution >= 0.6 is 11.3 Å². The highest BCUT2D eigenvalue weighted by Crippen LogP contribution is 2.35. The van der Waals surface area contributed by atoms with Crippen LogP contribution in [0.15, 0.2) is 18.2 Å². The van der Waals surface area contributed by atoms with Gasteiger partial charge in [-0.1, -0.05) is 0 Å². The number of amides is 1. The molecule has 0 saturated heterocycles. The van der Waals surface area contributed by atoms with Crippen molar-refractivity contribution in [3.05, 3.63) is 45.5 Å². The number of methoxy groups -OCH3 is 2. The lowest BCUT2D eigenvalue weighted by molar-refractivity contribution is 0.0601. The number of rotatable bonds is 7. The molecule has 1 amide bonds. The van der Waals surface area contributed by atoms with Gasteiger partial charge in [0.2, 0.25) is 0 Å². The van der Waals surface area contributed by atoms with Gasteiger partial charge in [-0.2, -0.15) is 0 Å². The zero-order chi connectivity index (χ0) is 23.6. The van der Waals surface area contributed by atoms with Gasteiger partial charge in [-0.3, -0.25) is 4.79 Å². The van der Waals surface area contributed by atoms with Crippen LogP contribution in [0, 0.1) is 13.8 Å². The number of fused-ring (bicyclic) bond motifs is 1. The van der Waals surface area contributed by atoms with Gasteiger partial charge >= 0.3 is 11.9 Å². The Morgan fingerprint density at radius 2 is 1.72 bits per heavy atom. The van der Waals surface area contributed by atoms with Crippen LogP contribution in [0.4, 0.5) is 5.00 Å². The molecule has 0 bridgehead atoms. The third kappa shape index (κ3) is 3.95. The Morgan fingerprint density at radius 1 is 1.03 bits per heavy atom. The molecule has 32 heavy (non-hydrogen) atoms. The average Bonchev–Trinajstić information content (AvgIpc) is 3.26. The number of aromatic nitrogens is 1. The molecule has 0 aliphatic heterocycles. The number of carbonyl (C=O) groups excluding carboxylic acids is 3. The fourth-order valence-corrected chi connectivity index (χ4v) is 4.89. The minimum atomic E-state index is -0.640. The van der Waals surface area contributed by atoms with Crippen molar-refractivity contribution in [2.24, 2.45) is 0 Å². The number of aryl methyl sites for hydroxylation is 2. The van der Waals surface area contributed by atoms with Gasteiger partial charge in [0, 0.05) is 17.4 Å². The molecule has 0 saturated carbocycles. The van der Waals surface area contributed by atoms with E-state index in [0.29, 0.717) is 24.4 Å². The predicted molar refractivity (Wildman–Crippen MR) is 123 cm³/mol. The molecular weight excluding hydrogens is 432 g/mol. The van der Waals surface area contributed by atoms with Gasteiger partial charge in [-0.15, -0.1) is 11.3 Å². The summed E-state index contributed by atoms with van der Waals surface area (Å²) in [6, 6.07) is 5.72. The molecule has 2 heterocycles. The van der Waals surface area contributed by atoms with Crippen molar-refractivity contribution in [1.29, 1.82) is 0 Å². The van der Waals surface area contributed by atoms with E-state index in [0.717, 1.165) is 33.6 Å². The number of hydrogen-bond donors (Lipinski definition) is 1. The summed E-state index contributed by atoms with van der Waals surface area (Å²) in [5.74, 6) is -0.881. The van der Waals surface area contributed by atoms with Gasteiger partial charge in [-0.25, -0.2) is 9.59 Å². The fraction of sp³-hybridized carbons (Fsp3) is 0.348. The molecule has 8 nitrogen and oxygen atoms in total. The molecule has 1 N–H and O–H groups in total. The van der Waals surface area contributed by atoms with Gasteiger partial charge in [0.05, 0.1) is 26.4 Å². The highest BCUT2D eigenvalue weighted by Gasteiger charge is 2.28. The Bertz CT molecular complexity index is 1210. The summed E-state index contributed by atoms with van der Waals surface area (Å²) in [6.45, 7) is 8.48. The molecule has 0 atom stereocenters. The Balaban J connectivity index is 2.10. The number of ether oxygens (including phenoxy) is 3. The van der Waals surface area contributed by atoms with E-state index < -0.39 is 11.9 Å². The van der Waals surface area contributed by atoms with Crippen LogP contribution in [0.1, 0.15) is 55.5 Å². The van der Waals surface area contributed by atoms with Crippen molar-refractivity contribution >= 4 is 45.1 Å². The van der Waals surface area contributed by atoms with Crippen LogP contribution in [0.5, 0.6) is 5.75 Å². The standard InChI is InChI=1S/C23H26N2O6S/c1-7-25-16-10-9-14(31-8-2)11-15(16)12(3)18(25)20(26)24-21-17(22(27)29-5)13(4)19(32-21)23(28)30-6/h9-11H,7-8H2,1-6H3,(H,24,26). The Kier molecular flexibility index (Phi) is 6.88. The first-order chi connectivity index (χ1) is 15.3. The highest BCUT2D eigenvalue weighted by molar-refractivity contribution is 7.18. The van der Waals surface area contributed by atoms with E-state index in [1.54, 1.807) is 6.92 Å². The smallest absolute Gasteiger partial charge is 0.348 e. The summed E-state index contributed by atoms with van der Waals surface area (Å²) in [5, 5.41) is 3.97. The maximum atomic E-state index is 13.4. The van der Waals surface area contributed by atoms with E-state index in [2.05, 4.69) is 5.32 Å². The van der Waals surface area contributed by atoms with E-state index in [4.69, 9.17) is 14.2 Å². The van der Waals surface area contributed by atoms with E-state index in [-0.39, 0.29) is 21.3 Å². The van der Waals surface area contributed by atoms with Gasteiger partial charge in [-0.05, 0) is 57.0 Å². The van der Waals surface area contributed by atoms with E-state index in [9.17, 15) is 14.4 Å². The van der Waals surface area contributed by atoms with Crippen LogP contribution in [0.25, 0.3) is 10.9 Å². The second kappa shape index (κ2) is 9.44. The maximum Gasteiger partial charge on any atom is 0.348 e. The van der Waals surface area contributed by atoms with Gasteiger partial charge in [0.25, 0.3) is 5.91 Å². The van der Waals surface area contributed by atoms with Crippen LogP contribution in [0.2, 0.25) is 0 Å². The lowest BCUT2D eigenvalue weighted by Crippen LogP contribution is -2.19. The number of thiophene rings is 1. The third-order valence-corrected chi connectivity index (χ3v) is 6.45. The van der Waals surface area contributed by atoms with E-state index in [1.165, 1.54) is 14.2 Å². The van der Waals surface area contributed by atoms with Crippen molar-refractivity contribution in [3.8, 4) is 5.75 Å². The zero-order valence-electron chi connectivity index (χ0n) is 19.0. The van der Waals surface area contributed by atoms with Crippen LogP contribution in [-0.4, -0.2) is 43.2 Å². The summed E-state index contributed by atoms with van der Waals surface area (Å²) < 4.78 is 17.2. The minimum absolute atomic E-state index is 0.140. The van der Waals surface area contributed by atoms with Crippen LogP contribution in [-0.2, 0) is 16.0 Å². The number of nitrogens with zero attached hydrogens (tertiary/aromatic N) is 1. The van der Waals surface area contributed by atoms with Crippen molar-refractivity contribution in [1.82, 2.24) is 4.57 Å². The molecule has 3 aromatic rings. The topological polar surface area (TPSA) is 95.9 Å². The lowest BCUT2D eigenvalue weighted by atomic mass is 10.1. The SMILES string of the molecule is CCOc1ccc2c(c1)c(C)c(C(=O)Nc1sc(C(=O)OC)c(C)c1C(=O)OC)n2CC. The average molecular weight is 459 g/mol. The van der Waals surface area contributed by atoms with Crippen LogP contribution in [0.3, 0.4) is 0 Å². The number of carbonyl (C=O) groups is 3. The summed E-state index contributed by atoms with van der Waals surface area (Å²) >= 11 is 0.984. The number of benzene rings is 1.